The van der Waals surface area contributed by atoms with Crippen molar-refractivity contribution >= 4 is 27.5 Å². The Labute approximate surface area is 164 Å². The number of nitrogens with zero attached hydrogens (tertiary/aromatic N) is 2. The number of para-hydroxylation sites is 1. The van der Waals surface area contributed by atoms with E-state index in [1.807, 2.05) is 0 Å². The molecule has 0 spiro atoms. The average molecular weight is 411 g/mol. The first-order valence-electron chi connectivity index (χ1n) is 9.46. The number of hydrogen-bond donors (Lipinski definition) is 1. The Morgan fingerprint density at radius 1 is 1.21 bits per heavy atom. The van der Waals surface area contributed by atoms with Gasteiger partial charge in [0, 0.05) is 12.6 Å². The molecule has 1 unspecified atom stereocenters. The largest absolute Gasteiger partial charge is 0.351 e. The number of amides is 2. The maximum Gasteiger partial charge on any atom is 0.247 e. The lowest BCUT2D eigenvalue weighted by Gasteiger charge is -2.47. The lowest BCUT2D eigenvalue weighted by molar-refractivity contribution is -0.133. The summed E-state index contributed by atoms with van der Waals surface area (Å²) in [6, 6.07) is 5.69. The number of benzene rings is 1. The van der Waals surface area contributed by atoms with E-state index in [0.717, 1.165) is 47.6 Å². The molecule has 1 saturated heterocycles. The number of hydrogen-bond acceptors (Lipinski definition) is 4. The van der Waals surface area contributed by atoms with Crippen LogP contribution in [0.15, 0.2) is 24.3 Å². The topological polar surface area (TPSA) is 86.8 Å². The summed E-state index contributed by atoms with van der Waals surface area (Å²) >= 11 is 0. The van der Waals surface area contributed by atoms with Gasteiger partial charge in [-0.25, -0.2) is 12.8 Å². The number of carbonyl (C=O) groups excluding carboxylic acids is 2. The highest BCUT2D eigenvalue weighted by Crippen LogP contribution is 2.32. The van der Waals surface area contributed by atoms with Crippen molar-refractivity contribution in [1.82, 2.24) is 9.62 Å². The second-order valence-electron chi connectivity index (χ2n) is 7.79. The van der Waals surface area contributed by atoms with Gasteiger partial charge >= 0.3 is 0 Å². The number of piperazine rings is 1. The molecule has 0 radical (unpaired) electrons. The molecular weight excluding hydrogens is 385 g/mol. The molecule has 1 aromatic rings. The standard InChI is InChI=1S/C19H26FN3O4S/c1-19(18(25)21-14-8-4-3-5-9-14)13-22(28(2,26)27)12-17(24)23(19)16-11-7-6-10-15(16)20/h6-7,10-11,14H,3-5,8-9,12-13H2,1-2H3,(H,21,25). The van der Waals surface area contributed by atoms with Crippen LogP contribution < -0.4 is 10.2 Å². The van der Waals surface area contributed by atoms with Crippen LogP contribution in [0.3, 0.4) is 0 Å². The third-order valence-corrected chi connectivity index (χ3v) is 6.73. The molecule has 28 heavy (non-hydrogen) atoms. The molecule has 1 N–H and O–H groups in total. The van der Waals surface area contributed by atoms with Crippen LogP contribution in [0.1, 0.15) is 39.0 Å². The lowest BCUT2D eigenvalue weighted by atomic mass is 9.91. The van der Waals surface area contributed by atoms with Crippen molar-refractivity contribution in [3.63, 3.8) is 0 Å². The fourth-order valence-corrected chi connectivity index (χ4v) is 4.83. The van der Waals surface area contributed by atoms with E-state index in [0.29, 0.717) is 0 Å². The van der Waals surface area contributed by atoms with Crippen LogP contribution in [0.2, 0.25) is 0 Å². The molecule has 7 nitrogen and oxygen atoms in total. The van der Waals surface area contributed by atoms with E-state index < -0.39 is 39.7 Å². The first-order valence-corrected chi connectivity index (χ1v) is 11.3. The van der Waals surface area contributed by atoms with Gasteiger partial charge in [0.15, 0.2) is 0 Å². The zero-order valence-electron chi connectivity index (χ0n) is 16.2. The summed E-state index contributed by atoms with van der Waals surface area (Å²) in [4.78, 5) is 27.3. The van der Waals surface area contributed by atoms with E-state index in [9.17, 15) is 22.4 Å². The molecule has 2 aliphatic rings. The molecule has 9 heteroatoms. The Hall–Kier alpha value is -2.00. The van der Waals surface area contributed by atoms with Crippen LogP contribution in [0.5, 0.6) is 0 Å². The van der Waals surface area contributed by atoms with Gasteiger partial charge in [0.1, 0.15) is 11.4 Å². The first kappa shape index (κ1) is 20.7. The Morgan fingerprint density at radius 3 is 2.46 bits per heavy atom. The number of carbonyl (C=O) groups is 2. The van der Waals surface area contributed by atoms with Gasteiger partial charge in [-0.3, -0.25) is 14.5 Å². The summed E-state index contributed by atoms with van der Waals surface area (Å²) in [5.41, 5.74) is -1.58. The molecule has 0 aromatic heterocycles. The summed E-state index contributed by atoms with van der Waals surface area (Å²) in [6.45, 7) is 0.830. The maximum absolute atomic E-state index is 14.5. The minimum absolute atomic E-state index is 0.0238. The van der Waals surface area contributed by atoms with E-state index in [1.165, 1.54) is 25.1 Å². The maximum atomic E-state index is 14.5. The second-order valence-corrected chi connectivity index (χ2v) is 9.78. The van der Waals surface area contributed by atoms with E-state index >= 15 is 0 Å². The smallest absolute Gasteiger partial charge is 0.247 e. The lowest BCUT2D eigenvalue weighted by Crippen LogP contribution is -2.71. The normalized spacial score (nSPS) is 25.0. The van der Waals surface area contributed by atoms with Gasteiger partial charge in [-0.05, 0) is 31.9 Å². The number of nitrogens with one attached hydrogen (secondary N) is 1. The van der Waals surface area contributed by atoms with E-state index in [1.54, 1.807) is 6.07 Å². The zero-order valence-corrected chi connectivity index (χ0v) is 17.0. The van der Waals surface area contributed by atoms with Crippen molar-refractivity contribution in [2.45, 2.75) is 50.6 Å². The molecule has 1 atom stereocenters. The van der Waals surface area contributed by atoms with Crippen LogP contribution in [0.25, 0.3) is 0 Å². The van der Waals surface area contributed by atoms with E-state index in [-0.39, 0.29) is 18.3 Å². The van der Waals surface area contributed by atoms with Crippen LogP contribution in [-0.4, -0.2) is 55.5 Å². The third-order valence-electron chi connectivity index (χ3n) is 5.53. The summed E-state index contributed by atoms with van der Waals surface area (Å²) < 4.78 is 39.6. The molecule has 3 rings (SSSR count). The third kappa shape index (κ3) is 4.05. The van der Waals surface area contributed by atoms with E-state index in [4.69, 9.17) is 0 Å². The molecule has 1 heterocycles. The summed E-state index contributed by atoms with van der Waals surface area (Å²) in [7, 11) is -3.70. The molecule has 1 saturated carbocycles. The summed E-state index contributed by atoms with van der Waals surface area (Å²) in [6.07, 6.45) is 5.81. The molecule has 154 valence electrons. The number of halogens is 1. The highest BCUT2D eigenvalue weighted by atomic mass is 32.2. The van der Waals surface area contributed by atoms with Crippen molar-refractivity contribution in [2.75, 3.05) is 24.2 Å². The highest BCUT2D eigenvalue weighted by molar-refractivity contribution is 7.88. The molecule has 2 amide bonds. The van der Waals surface area contributed by atoms with Crippen LogP contribution in [0, 0.1) is 5.82 Å². The Bertz CT molecular complexity index is 870. The Morgan fingerprint density at radius 2 is 1.86 bits per heavy atom. The van der Waals surface area contributed by atoms with Gasteiger partial charge in [-0.2, -0.15) is 4.31 Å². The van der Waals surface area contributed by atoms with E-state index in [2.05, 4.69) is 5.32 Å². The summed E-state index contributed by atoms with van der Waals surface area (Å²) in [5.74, 6) is -1.74. The Kier molecular flexibility index (Phi) is 5.77. The van der Waals surface area contributed by atoms with Gasteiger partial charge in [-0.1, -0.05) is 31.4 Å². The van der Waals surface area contributed by atoms with Crippen molar-refractivity contribution in [3.05, 3.63) is 30.1 Å². The van der Waals surface area contributed by atoms with Crippen molar-refractivity contribution < 1.29 is 22.4 Å². The second kappa shape index (κ2) is 7.79. The summed E-state index contributed by atoms with van der Waals surface area (Å²) in [5, 5.41) is 2.96. The van der Waals surface area contributed by atoms with Gasteiger partial charge in [0.25, 0.3) is 0 Å². The predicted octanol–water partition coefficient (Wildman–Crippen LogP) is 1.64. The molecule has 2 fully saturated rings. The molecule has 1 aromatic carbocycles. The fraction of sp³-hybridized carbons (Fsp3) is 0.579. The molecule has 0 bridgehead atoms. The molecule has 1 aliphatic heterocycles. The van der Waals surface area contributed by atoms with Crippen LogP contribution in [-0.2, 0) is 19.6 Å². The minimum Gasteiger partial charge on any atom is -0.351 e. The average Bonchev–Trinajstić information content (AvgIpc) is 2.62. The van der Waals surface area contributed by atoms with Crippen molar-refractivity contribution in [2.24, 2.45) is 0 Å². The first-order chi connectivity index (χ1) is 13.1. The monoisotopic (exact) mass is 411 g/mol. The molecule has 1 aliphatic carbocycles. The molecular formula is C19H26FN3O4S. The van der Waals surface area contributed by atoms with Crippen molar-refractivity contribution in [3.8, 4) is 0 Å². The van der Waals surface area contributed by atoms with Crippen molar-refractivity contribution in [1.29, 1.82) is 0 Å². The zero-order chi connectivity index (χ0) is 20.5. The van der Waals surface area contributed by atoms with Crippen LogP contribution >= 0.6 is 0 Å². The quantitative estimate of drug-likeness (QED) is 0.816. The Balaban J connectivity index is 1.99. The minimum atomic E-state index is -3.70. The number of anilines is 1. The van der Waals surface area contributed by atoms with Gasteiger partial charge < -0.3 is 5.32 Å². The van der Waals surface area contributed by atoms with Gasteiger partial charge in [0.2, 0.25) is 21.8 Å². The fourth-order valence-electron chi connectivity index (χ4n) is 4.00. The number of rotatable bonds is 4. The highest BCUT2D eigenvalue weighted by Gasteiger charge is 2.51. The SMILES string of the molecule is CC1(C(=O)NC2CCCCC2)CN(S(C)(=O)=O)CC(=O)N1c1ccccc1F. The van der Waals surface area contributed by atoms with Gasteiger partial charge in [-0.15, -0.1) is 0 Å². The van der Waals surface area contributed by atoms with Gasteiger partial charge in [0.05, 0.1) is 18.5 Å². The van der Waals surface area contributed by atoms with Crippen LogP contribution in [0.4, 0.5) is 10.1 Å². The number of sulfonamides is 1. The predicted molar refractivity (Wildman–Crippen MR) is 104 cm³/mol.